The molecular weight excluding hydrogens is 212 g/mol. The van der Waals surface area contributed by atoms with E-state index in [1.807, 2.05) is 47.8 Å². The Morgan fingerprint density at radius 1 is 1.07 bits per heavy atom. The SMILES string of the molecule is O=S(Cc1cccs1)c1ccccc1. The summed E-state index contributed by atoms with van der Waals surface area (Å²) in [5.41, 5.74) is 0. The molecule has 1 heterocycles. The van der Waals surface area contributed by atoms with Crippen molar-refractivity contribution in [1.82, 2.24) is 0 Å². The van der Waals surface area contributed by atoms with Gasteiger partial charge in [-0.05, 0) is 23.6 Å². The van der Waals surface area contributed by atoms with E-state index < -0.39 is 10.8 Å². The molecule has 0 N–H and O–H groups in total. The Balaban J connectivity index is 2.11. The molecule has 0 aliphatic heterocycles. The van der Waals surface area contributed by atoms with Crippen LogP contribution in [0.25, 0.3) is 0 Å². The Kier molecular flexibility index (Phi) is 3.11. The number of hydrogen-bond donors (Lipinski definition) is 0. The van der Waals surface area contributed by atoms with Crippen LogP contribution in [0, 0.1) is 0 Å². The highest BCUT2D eigenvalue weighted by molar-refractivity contribution is 7.84. The number of benzene rings is 1. The summed E-state index contributed by atoms with van der Waals surface area (Å²) in [6, 6.07) is 13.6. The van der Waals surface area contributed by atoms with Gasteiger partial charge in [-0.15, -0.1) is 11.3 Å². The summed E-state index contributed by atoms with van der Waals surface area (Å²) >= 11 is 1.65. The van der Waals surface area contributed by atoms with E-state index >= 15 is 0 Å². The lowest BCUT2D eigenvalue weighted by Crippen LogP contribution is -1.93. The Labute approximate surface area is 89.9 Å². The average Bonchev–Trinajstić information content (AvgIpc) is 2.72. The van der Waals surface area contributed by atoms with Crippen LogP contribution in [-0.4, -0.2) is 4.21 Å². The molecule has 0 amide bonds. The maximum Gasteiger partial charge on any atom is 0.0626 e. The molecule has 0 saturated heterocycles. The molecule has 0 saturated carbocycles. The molecule has 3 heteroatoms. The molecule has 72 valence electrons. The minimum Gasteiger partial charge on any atom is -0.254 e. The molecule has 0 aliphatic rings. The van der Waals surface area contributed by atoms with Crippen molar-refractivity contribution in [2.75, 3.05) is 0 Å². The zero-order valence-corrected chi connectivity index (χ0v) is 9.18. The Hall–Kier alpha value is -0.930. The lowest BCUT2D eigenvalue weighted by atomic mass is 10.4. The van der Waals surface area contributed by atoms with Crippen molar-refractivity contribution in [2.45, 2.75) is 10.6 Å². The molecule has 0 spiro atoms. The van der Waals surface area contributed by atoms with Gasteiger partial charge < -0.3 is 0 Å². The van der Waals surface area contributed by atoms with Gasteiger partial charge in [0.2, 0.25) is 0 Å². The Morgan fingerprint density at radius 2 is 1.86 bits per heavy atom. The van der Waals surface area contributed by atoms with Crippen molar-refractivity contribution < 1.29 is 4.21 Å². The van der Waals surface area contributed by atoms with Gasteiger partial charge in [-0.2, -0.15) is 0 Å². The van der Waals surface area contributed by atoms with Gasteiger partial charge in [0.15, 0.2) is 0 Å². The number of hydrogen-bond acceptors (Lipinski definition) is 2. The van der Waals surface area contributed by atoms with E-state index in [9.17, 15) is 4.21 Å². The summed E-state index contributed by atoms with van der Waals surface area (Å²) in [6.45, 7) is 0. The third kappa shape index (κ3) is 2.30. The largest absolute Gasteiger partial charge is 0.254 e. The topological polar surface area (TPSA) is 17.1 Å². The van der Waals surface area contributed by atoms with E-state index in [0.29, 0.717) is 5.75 Å². The average molecular weight is 222 g/mol. The summed E-state index contributed by atoms with van der Waals surface area (Å²) in [6.07, 6.45) is 0. The summed E-state index contributed by atoms with van der Waals surface area (Å²) in [7, 11) is -0.902. The van der Waals surface area contributed by atoms with Gasteiger partial charge in [0.1, 0.15) is 0 Å². The van der Waals surface area contributed by atoms with Gasteiger partial charge in [0, 0.05) is 9.77 Å². The second-order valence-corrected chi connectivity index (χ2v) is 5.37. The van der Waals surface area contributed by atoms with E-state index in [-0.39, 0.29) is 0 Å². The highest BCUT2D eigenvalue weighted by Gasteiger charge is 2.04. The molecule has 1 atom stereocenters. The molecule has 0 bridgehead atoms. The van der Waals surface area contributed by atoms with E-state index in [2.05, 4.69) is 0 Å². The van der Waals surface area contributed by atoms with Gasteiger partial charge >= 0.3 is 0 Å². The van der Waals surface area contributed by atoms with Gasteiger partial charge in [0.05, 0.1) is 16.6 Å². The first-order valence-corrected chi connectivity index (χ1v) is 6.52. The second kappa shape index (κ2) is 4.53. The Bertz CT molecular complexity index is 406. The highest BCUT2D eigenvalue weighted by Crippen LogP contribution is 2.15. The van der Waals surface area contributed by atoms with Crippen molar-refractivity contribution in [3.63, 3.8) is 0 Å². The van der Waals surface area contributed by atoms with Crippen molar-refractivity contribution in [3.05, 3.63) is 52.7 Å². The van der Waals surface area contributed by atoms with Crippen molar-refractivity contribution in [1.29, 1.82) is 0 Å². The molecule has 0 radical (unpaired) electrons. The third-order valence-electron chi connectivity index (χ3n) is 1.86. The number of rotatable bonds is 3. The normalized spacial score (nSPS) is 12.6. The van der Waals surface area contributed by atoms with Crippen LogP contribution in [0.1, 0.15) is 4.88 Å². The maximum atomic E-state index is 11.8. The fourth-order valence-corrected chi connectivity index (χ4v) is 3.24. The van der Waals surface area contributed by atoms with Gasteiger partial charge in [0.25, 0.3) is 0 Å². The first-order valence-electron chi connectivity index (χ1n) is 4.32. The summed E-state index contributed by atoms with van der Waals surface area (Å²) in [5.74, 6) is 0.627. The van der Waals surface area contributed by atoms with Crippen LogP contribution >= 0.6 is 11.3 Å². The molecular formula is C11H10OS2. The monoisotopic (exact) mass is 222 g/mol. The van der Waals surface area contributed by atoms with Crippen LogP contribution in [0.5, 0.6) is 0 Å². The van der Waals surface area contributed by atoms with E-state index in [0.717, 1.165) is 4.90 Å². The molecule has 2 rings (SSSR count). The molecule has 1 nitrogen and oxygen atoms in total. The summed E-state index contributed by atoms with van der Waals surface area (Å²) < 4.78 is 11.8. The minimum absolute atomic E-state index is 0.627. The van der Waals surface area contributed by atoms with Crippen LogP contribution < -0.4 is 0 Å². The van der Waals surface area contributed by atoms with Crippen LogP contribution in [0.2, 0.25) is 0 Å². The minimum atomic E-state index is -0.902. The van der Waals surface area contributed by atoms with Crippen LogP contribution in [0.15, 0.2) is 52.7 Å². The highest BCUT2D eigenvalue weighted by atomic mass is 32.2. The fourth-order valence-electron chi connectivity index (χ4n) is 1.18. The molecule has 0 fully saturated rings. The quantitative estimate of drug-likeness (QED) is 0.780. The van der Waals surface area contributed by atoms with Crippen LogP contribution in [0.4, 0.5) is 0 Å². The van der Waals surface area contributed by atoms with Crippen molar-refractivity contribution >= 4 is 22.1 Å². The summed E-state index contributed by atoms with van der Waals surface area (Å²) in [5, 5.41) is 2.01. The number of thiophene rings is 1. The smallest absolute Gasteiger partial charge is 0.0626 e. The Morgan fingerprint density at radius 3 is 2.50 bits per heavy atom. The molecule has 1 unspecified atom stereocenters. The van der Waals surface area contributed by atoms with E-state index in [1.165, 1.54) is 4.88 Å². The van der Waals surface area contributed by atoms with Gasteiger partial charge in [-0.1, -0.05) is 24.3 Å². The van der Waals surface area contributed by atoms with Gasteiger partial charge in [-0.3, -0.25) is 4.21 Å². The van der Waals surface area contributed by atoms with Crippen LogP contribution in [-0.2, 0) is 16.6 Å². The molecule has 0 aliphatic carbocycles. The fraction of sp³-hybridized carbons (Fsp3) is 0.0909. The van der Waals surface area contributed by atoms with Gasteiger partial charge in [-0.25, -0.2) is 0 Å². The lowest BCUT2D eigenvalue weighted by molar-refractivity contribution is 0.683. The van der Waals surface area contributed by atoms with Crippen molar-refractivity contribution in [3.8, 4) is 0 Å². The predicted molar refractivity (Wildman–Crippen MR) is 60.9 cm³/mol. The van der Waals surface area contributed by atoms with E-state index in [1.54, 1.807) is 11.3 Å². The predicted octanol–water partition coefficient (Wildman–Crippen LogP) is 3.06. The van der Waals surface area contributed by atoms with Crippen molar-refractivity contribution in [2.24, 2.45) is 0 Å². The van der Waals surface area contributed by atoms with Crippen LogP contribution in [0.3, 0.4) is 0 Å². The second-order valence-electron chi connectivity index (χ2n) is 2.88. The maximum absolute atomic E-state index is 11.8. The molecule has 1 aromatic carbocycles. The third-order valence-corrected chi connectivity index (χ3v) is 4.29. The molecule has 2 aromatic rings. The molecule has 1 aromatic heterocycles. The zero-order chi connectivity index (χ0) is 9.80. The summed E-state index contributed by atoms with van der Waals surface area (Å²) in [4.78, 5) is 2.08. The van der Waals surface area contributed by atoms with E-state index in [4.69, 9.17) is 0 Å². The zero-order valence-electron chi connectivity index (χ0n) is 7.55. The standard InChI is InChI=1S/C11H10OS2/c12-14(9-10-5-4-8-13-10)11-6-2-1-3-7-11/h1-8H,9H2. The molecule has 14 heavy (non-hydrogen) atoms. The first kappa shape index (κ1) is 9.62. The first-order chi connectivity index (χ1) is 6.86. The lowest BCUT2D eigenvalue weighted by Gasteiger charge is -1.99.